The molecule has 0 atom stereocenters. The van der Waals surface area contributed by atoms with Gasteiger partial charge in [0.2, 0.25) is 5.91 Å². The number of carbonyl (C=O) groups excluding carboxylic acids is 1. The summed E-state index contributed by atoms with van der Waals surface area (Å²) in [6.07, 6.45) is 5.33. The highest BCUT2D eigenvalue weighted by atomic mass is 35.5. The molecular weight excluding hydrogens is 454 g/mol. The van der Waals surface area contributed by atoms with Crippen LogP contribution in [0, 0.1) is 6.92 Å². The van der Waals surface area contributed by atoms with Crippen LogP contribution in [0.5, 0.6) is 5.75 Å². The Labute approximate surface area is 202 Å². The maximum Gasteiger partial charge on any atom is 0.248 e. The lowest BCUT2D eigenvalue weighted by atomic mass is 9.96. The minimum atomic E-state index is -0.195. The number of halogens is 1. The number of furan rings is 1. The lowest BCUT2D eigenvalue weighted by Gasteiger charge is -2.14. The van der Waals surface area contributed by atoms with E-state index in [1.54, 1.807) is 31.2 Å². The van der Waals surface area contributed by atoms with Crippen LogP contribution in [0.15, 0.2) is 76.2 Å². The molecule has 0 fully saturated rings. The molecule has 0 aliphatic carbocycles. The van der Waals surface area contributed by atoms with Gasteiger partial charge in [-0.25, -0.2) is 0 Å². The Morgan fingerprint density at radius 1 is 1.15 bits per heavy atom. The average molecular weight is 478 g/mol. The molecule has 0 bridgehead atoms. The zero-order valence-corrected chi connectivity index (χ0v) is 20.4. The van der Waals surface area contributed by atoms with Crippen LogP contribution in [0.4, 0.5) is 5.69 Å². The Morgan fingerprint density at radius 3 is 2.58 bits per heavy atom. The third-order valence-corrected chi connectivity index (χ3v) is 6.59. The molecule has 1 N–H and O–H groups in total. The fourth-order valence-corrected chi connectivity index (χ4v) is 4.60. The highest BCUT2D eigenvalue weighted by molar-refractivity contribution is 7.98. The Balaban J connectivity index is 1.76. The Kier molecular flexibility index (Phi) is 6.82. The van der Waals surface area contributed by atoms with Crippen molar-refractivity contribution in [1.82, 2.24) is 0 Å². The van der Waals surface area contributed by atoms with E-state index in [9.17, 15) is 4.79 Å². The van der Waals surface area contributed by atoms with E-state index in [2.05, 4.69) is 5.32 Å². The van der Waals surface area contributed by atoms with Gasteiger partial charge >= 0.3 is 0 Å². The molecule has 0 aliphatic heterocycles. The molecule has 1 aromatic heterocycles. The minimum Gasteiger partial charge on any atom is -0.496 e. The predicted octanol–water partition coefficient (Wildman–Crippen LogP) is 7.83. The van der Waals surface area contributed by atoms with Crippen LogP contribution in [0.25, 0.3) is 27.7 Å². The number of nitrogens with one attached hydrogen (secondary N) is 1. The molecule has 168 valence electrons. The number of thioether (sulfide) groups is 1. The van der Waals surface area contributed by atoms with E-state index in [1.807, 2.05) is 74.7 Å². The zero-order chi connectivity index (χ0) is 23.5. The number of hydrogen-bond acceptors (Lipinski definition) is 4. The lowest BCUT2D eigenvalue weighted by molar-refractivity contribution is -0.111. The van der Waals surface area contributed by atoms with Gasteiger partial charge in [-0.1, -0.05) is 35.9 Å². The molecule has 0 saturated carbocycles. The van der Waals surface area contributed by atoms with E-state index < -0.39 is 0 Å². The van der Waals surface area contributed by atoms with Gasteiger partial charge in [-0.2, -0.15) is 0 Å². The van der Waals surface area contributed by atoms with Crippen molar-refractivity contribution in [3.63, 3.8) is 0 Å². The molecule has 0 radical (unpaired) electrons. The number of carbonyl (C=O) groups is 1. The smallest absolute Gasteiger partial charge is 0.248 e. The molecule has 1 amide bonds. The van der Waals surface area contributed by atoms with Gasteiger partial charge in [-0.3, -0.25) is 4.79 Å². The number of ether oxygens (including phenoxy) is 1. The van der Waals surface area contributed by atoms with Crippen LogP contribution in [0.3, 0.4) is 0 Å². The first-order chi connectivity index (χ1) is 15.9. The van der Waals surface area contributed by atoms with E-state index in [0.717, 1.165) is 49.4 Å². The van der Waals surface area contributed by atoms with Crippen molar-refractivity contribution in [2.45, 2.75) is 18.7 Å². The molecule has 3 aromatic carbocycles. The van der Waals surface area contributed by atoms with E-state index >= 15 is 0 Å². The van der Waals surface area contributed by atoms with Crippen molar-refractivity contribution >= 4 is 51.5 Å². The maximum atomic E-state index is 12.8. The molecular formula is C27H24ClNO3S. The molecule has 4 nitrogen and oxygen atoms in total. The van der Waals surface area contributed by atoms with E-state index in [-0.39, 0.29) is 5.91 Å². The third kappa shape index (κ3) is 4.65. The molecule has 1 heterocycles. The van der Waals surface area contributed by atoms with E-state index in [4.69, 9.17) is 20.8 Å². The van der Waals surface area contributed by atoms with Gasteiger partial charge < -0.3 is 14.5 Å². The van der Waals surface area contributed by atoms with Crippen LogP contribution in [-0.4, -0.2) is 19.3 Å². The summed E-state index contributed by atoms with van der Waals surface area (Å²) in [5, 5.41) is 4.61. The number of amides is 1. The number of aryl methyl sites for hydroxylation is 1. The summed E-state index contributed by atoms with van der Waals surface area (Å²) in [5.74, 6) is 0.490. The van der Waals surface area contributed by atoms with Gasteiger partial charge in [0.05, 0.1) is 19.1 Å². The van der Waals surface area contributed by atoms with E-state index in [0.29, 0.717) is 10.8 Å². The summed E-state index contributed by atoms with van der Waals surface area (Å²) >= 11 is 7.65. The Hall–Kier alpha value is -3.15. The van der Waals surface area contributed by atoms with Crippen LogP contribution < -0.4 is 10.1 Å². The highest BCUT2D eigenvalue weighted by Crippen LogP contribution is 2.40. The predicted molar refractivity (Wildman–Crippen MR) is 138 cm³/mol. The number of methoxy groups -OCH3 is 1. The van der Waals surface area contributed by atoms with Crippen LogP contribution in [-0.2, 0) is 4.79 Å². The highest BCUT2D eigenvalue weighted by Gasteiger charge is 2.19. The van der Waals surface area contributed by atoms with Crippen molar-refractivity contribution in [1.29, 1.82) is 0 Å². The summed E-state index contributed by atoms with van der Waals surface area (Å²) in [6.45, 7) is 3.87. The fraction of sp³-hybridized carbons (Fsp3) is 0.148. The fourth-order valence-electron chi connectivity index (χ4n) is 3.92. The standard InChI is InChI=1S/C27H24ClNO3S/c1-16(13-25(30)29-23-7-5-6-8-24(23)33-4)20-14-21-22(18-9-11-19(28)12-10-18)15-32-27(21)17(2)26(20)31-3/h5-15H,1-4H3,(H,29,30)/b16-13+. The number of para-hydroxylation sites is 1. The molecule has 33 heavy (non-hydrogen) atoms. The normalized spacial score (nSPS) is 11.6. The first kappa shape index (κ1) is 23.0. The lowest BCUT2D eigenvalue weighted by Crippen LogP contribution is -2.09. The van der Waals surface area contributed by atoms with Crippen molar-refractivity contribution in [3.05, 3.63) is 83.1 Å². The monoisotopic (exact) mass is 477 g/mol. The van der Waals surface area contributed by atoms with Crippen LogP contribution in [0.1, 0.15) is 18.1 Å². The zero-order valence-electron chi connectivity index (χ0n) is 18.9. The quantitative estimate of drug-likeness (QED) is 0.227. The molecule has 0 saturated heterocycles. The molecule has 4 aromatic rings. The van der Waals surface area contributed by atoms with Crippen LogP contribution >= 0.6 is 23.4 Å². The molecule has 6 heteroatoms. The number of benzene rings is 3. The van der Waals surface area contributed by atoms with Gasteiger partial charge in [0.1, 0.15) is 11.3 Å². The third-order valence-electron chi connectivity index (χ3n) is 5.54. The van der Waals surface area contributed by atoms with Crippen molar-refractivity contribution in [2.24, 2.45) is 0 Å². The minimum absolute atomic E-state index is 0.195. The maximum absolute atomic E-state index is 12.8. The topological polar surface area (TPSA) is 51.5 Å². The van der Waals surface area contributed by atoms with E-state index in [1.165, 1.54) is 0 Å². The van der Waals surface area contributed by atoms with Gasteiger partial charge in [-0.05, 0) is 61.6 Å². The average Bonchev–Trinajstić information content (AvgIpc) is 3.24. The first-order valence-corrected chi connectivity index (χ1v) is 12.0. The molecule has 0 unspecified atom stereocenters. The molecule has 0 aliphatic rings. The number of rotatable bonds is 6. The second kappa shape index (κ2) is 9.77. The van der Waals surface area contributed by atoms with Gasteiger partial charge in [0.25, 0.3) is 0 Å². The number of anilines is 1. The number of hydrogen-bond donors (Lipinski definition) is 1. The van der Waals surface area contributed by atoms with Crippen molar-refractivity contribution in [2.75, 3.05) is 18.7 Å². The summed E-state index contributed by atoms with van der Waals surface area (Å²) < 4.78 is 11.6. The summed E-state index contributed by atoms with van der Waals surface area (Å²) in [7, 11) is 1.63. The number of allylic oxidation sites excluding steroid dienone is 1. The summed E-state index contributed by atoms with van der Waals surface area (Å²) in [5.41, 5.74) is 6.02. The summed E-state index contributed by atoms with van der Waals surface area (Å²) in [4.78, 5) is 13.8. The Bertz CT molecular complexity index is 1360. The first-order valence-electron chi connectivity index (χ1n) is 10.4. The van der Waals surface area contributed by atoms with Gasteiger partial charge in [0, 0.05) is 38.1 Å². The SMILES string of the molecule is COc1c(/C(C)=C/C(=O)Nc2ccccc2SC)cc2c(-c3ccc(Cl)cc3)coc2c1C. The molecule has 4 rings (SSSR count). The summed E-state index contributed by atoms with van der Waals surface area (Å²) in [6, 6.07) is 17.4. The Morgan fingerprint density at radius 2 is 1.88 bits per heavy atom. The van der Waals surface area contributed by atoms with Gasteiger partial charge in [0.15, 0.2) is 0 Å². The van der Waals surface area contributed by atoms with Gasteiger partial charge in [-0.15, -0.1) is 11.8 Å². The van der Waals surface area contributed by atoms with Crippen molar-refractivity contribution in [3.8, 4) is 16.9 Å². The molecule has 0 spiro atoms. The number of fused-ring (bicyclic) bond motifs is 1. The largest absolute Gasteiger partial charge is 0.496 e. The van der Waals surface area contributed by atoms with Crippen LogP contribution in [0.2, 0.25) is 5.02 Å². The second-order valence-corrected chi connectivity index (χ2v) is 8.92. The second-order valence-electron chi connectivity index (χ2n) is 7.63. The van der Waals surface area contributed by atoms with Crippen molar-refractivity contribution < 1.29 is 13.9 Å².